The molecule has 0 spiro atoms. The first-order valence-electron chi connectivity index (χ1n) is 7.39. The Kier molecular flexibility index (Phi) is 4.43. The number of fused-ring (bicyclic) bond motifs is 2. The SMILES string of the molecule is CO[C@H]1c2cc(C)ccc2O[C@H]2O[C@H](CN=[N+]=[N-])[C@H](O)[C@H](O)[C@H]21. The highest BCUT2D eigenvalue weighted by molar-refractivity contribution is 5.41. The predicted molar refractivity (Wildman–Crippen MR) is 79.7 cm³/mol. The molecule has 1 fully saturated rings. The van der Waals surface area contributed by atoms with E-state index in [4.69, 9.17) is 19.7 Å². The zero-order valence-corrected chi connectivity index (χ0v) is 12.9. The lowest BCUT2D eigenvalue weighted by Gasteiger charge is -2.47. The maximum absolute atomic E-state index is 10.5. The van der Waals surface area contributed by atoms with Gasteiger partial charge in [-0.1, -0.05) is 16.7 Å². The van der Waals surface area contributed by atoms with Gasteiger partial charge in [0.25, 0.3) is 0 Å². The van der Waals surface area contributed by atoms with Gasteiger partial charge in [0, 0.05) is 17.6 Å². The Hall–Kier alpha value is -1.83. The Morgan fingerprint density at radius 1 is 1.35 bits per heavy atom. The smallest absolute Gasteiger partial charge is 0.208 e. The van der Waals surface area contributed by atoms with Crippen LogP contribution in [0, 0.1) is 12.8 Å². The van der Waals surface area contributed by atoms with E-state index in [1.807, 2.05) is 25.1 Å². The molecule has 8 nitrogen and oxygen atoms in total. The number of aliphatic hydroxyl groups excluding tert-OH is 2. The highest BCUT2D eigenvalue weighted by atomic mass is 16.7. The van der Waals surface area contributed by atoms with Crippen LogP contribution in [-0.2, 0) is 9.47 Å². The van der Waals surface area contributed by atoms with Gasteiger partial charge in [-0.15, -0.1) is 0 Å². The van der Waals surface area contributed by atoms with Crippen LogP contribution in [0.2, 0.25) is 0 Å². The maximum atomic E-state index is 10.5. The average molecular weight is 321 g/mol. The molecule has 124 valence electrons. The van der Waals surface area contributed by atoms with Crippen molar-refractivity contribution in [2.75, 3.05) is 13.7 Å². The standard InChI is InChI=1S/C15H19N3O5/c1-7-3-4-9-8(5-7)14(21-2)11-13(20)12(19)10(6-17-18-16)23-15(11)22-9/h3-5,10-15,19-20H,6H2,1-2H3/t10-,11+,12+,13-,14+,15+/m1/s1. The zero-order chi connectivity index (χ0) is 16.6. The molecule has 1 saturated heterocycles. The highest BCUT2D eigenvalue weighted by Gasteiger charge is 2.52. The Morgan fingerprint density at radius 3 is 2.83 bits per heavy atom. The number of aliphatic hydroxyl groups is 2. The number of methoxy groups -OCH3 is 1. The molecule has 2 heterocycles. The molecule has 0 saturated carbocycles. The van der Waals surface area contributed by atoms with Crippen molar-refractivity contribution in [2.24, 2.45) is 11.0 Å². The average Bonchev–Trinajstić information content (AvgIpc) is 2.55. The number of aryl methyl sites for hydroxylation is 1. The Bertz CT molecular complexity index is 634. The lowest BCUT2D eigenvalue weighted by Crippen LogP contribution is -2.59. The molecule has 2 aliphatic rings. The highest BCUT2D eigenvalue weighted by Crippen LogP contribution is 2.46. The van der Waals surface area contributed by atoms with Gasteiger partial charge in [-0.2, -0.15) is 0 Å². The summed E-state index contributed by atoms with van der Waals surface area (Å²) in [7, 11) is 1.55. The van der Waals surface area contributed by atoms with E-state index >= 15 is 0 Å². The van der Waals surface area contributed by atoms with Crippen molar-refractivity contribution in [3.63, 3.8) is 0 Å². The second-order valence-corrected chi connectivity index (χ2v) is 5.83. The van der Waals surface area contributed by atoms with Crippen LogP contribution in [0.15, 0.2) is 23.3 Å². The minimum atomic E-state index is -1.19. The monoisotopic (exact) mass is 321 g/mol. The van der Waals surface area contributed by atoms with E-state index < -0.39 is 36.6 Å². The van der Waals surface area contributed by atoms with Gasteiger partial charge < -0.3 is 24.4 Å². The van der Waals surface area contributed by atoms with Crippen LogP contribution in [0.3, 0.4) is 0 Å². The molecule has 0 aromatic heterocycles. The molecule has 0 bridgehead atoms. The van der Waals surface area contributed by atoms with E-state index in [1.54, 1.807) is 7.11 Å². The van der Waals surface area contributed by atoms with Crippen molar-refractivity contribution in [1.82, 2.24) is 0 Å². The third-order valence-electron chi connectivity index (χ3n) is 4.39. The fourth-order valence-corrected chi connectivity index (χ4v) is 3.26. The molecule has 0 unspecified atom stereocenters. The largest absolute Gasteiger partial charge is 0.464 e. The molecular weight excluding hydrogens is 302 g/mol. The molecule has 0 aliphatic carbocycles. The molecule has 3 rings (SSSR count). The summed E-state index contributed by atoms with van der Waals surface area (Å²) in [6.07, 6.45) is -4.38. The number of hydrogen-bond donors (Lipinski definition) is 2. The molecule has 23 heavy (non-hydrogen) atoms. The normalized spacial score (nSPS) is 35.5. The third-order valence-corrected chi connectivity index (χ3v) is 4.39. The van der Waals surface area contributed by atoms with Gasteiger partial charge >= 0.3 is 0 Å². The number of nitrogens with zero attached hydrogens (tertiary/aromatic N) is 3. The summed E-state index contributed by atoms with van der Waals surface area (Å²) in [6.45, 7) is 1.87. The van der Waals surface area contributed by atoms with Crippen molar-refractivity contribution >= 4 is 0 Å². The molecule has 6 atom stereocenters. The molecule has 0 radical (unpaired) electrons. The van der Waals surface area contributed by atoms with Gasteiger partial charge in [-0.25, -0.2) is 0 Å². The number of hydrogen-bond acceptors (Lipinski definition) is 6. The van der Waals surface area contributed by atoms with Crippen molar-refractivity contribution in [3.05, 3.63) is 39.8 Å². The number of benzene rings is 1. The van der Waals surface area contributed by atoms with Crippen LogP contribution < -0.4 is 4.74 Å². The molecule has 8 heteroatoms. The summed E-state index contributed by atoms with van der Waals surface area (Å²) < 4.78 is 17.1. The summed E-state index contributed by atoms with van der Waals surface area (Å²) >= 11 is 0. The van der Waals surface area contributed by atoms with Crippen molar-refractivity contribution in [1.29, 1.82) is 0 Å². The quantitative estimate of drug-likeness (QED) is 0.496. The Morgan fingerprint density at radius 2 is 2.13 bits per heavy atom. The fraction of sp³-hybridized carbons (Fsp3) is 0.600. The third kappa shape index (κ3) is 2.75. The lowest BCUT2D eigenvalue weighted by atomic mass is 9.81. The maximum Gasteiger partial charge on any atom is 0.208 e. The van der Waals surface area contributed by atoms with Gasteiger partial charge in [0.2, 0.25) is 6.29 Å². The summed E-state index contributed by atoms with van der Waals surface area (Å²) in [4.78, 5) is 2.66. The fourth-order valence-electron chi connectivity index (χ4n) is 3.26. The van der Waals surface area contributed by atoms with Gasteiger partial charge in [0.05, 0.1) is 30.8 Å². The second-order valence-electron chi connectivity index (χ2n) is 5.83. The van der Waals surface area contributed by atoms with Crippen LogP contribution >= 0.6 is 0 Å². The molecule has 2 N–H and O–H groups in total. The van der Waals surface area contributed by atoms with Crippen LogP contribution in [0.5, 0.6) is 5.75 Å². The van der Waals surface area contributed by atoms with E-state index in [0.29, 0.717) is 5.75 Å². The molecule has 1 aromatic rings. The molecule has 2 aliphatic heterocycles. The van der Waals surface area contributed by atoms with Crippen molar-refractivity contribution in [2.45, 2.75) is 37.6 Å². The van der Waals surface area contributed by atoms with E-state index in [9.17, 15) is 10.2 Å². The zero-order valence-electron chi connectivity index (χ0n) is 12.9. The summed E-state index contributed by atoms with van der Waals surface area (Å²) in [6, 6.07) is 5.68. The van der Waals surface area contributed by atoms with Gasteiger partial charge in [0.1, 0.15) is 11.9 Å². The Labute approximate surface area is 133 Å². The number of ether oxygens (including phenoxy) is 3. The van der Waals surface area contributed by atoms with Gasteiger partial charge in [-0.3, -0.25) is 0 Å². The van der Waals surface area contributed by atoms with Gasteiger partial charge in [-0.05, 0) is 24.6 Å². The predicted octanol–water partition coefficient (Wildman–Crippen LogP) is 1.45. The van der Waals surface area contributed by atoms with Crippen LogP contribution in [0.25, 0.3) is 10.4 Å². The van der Waals surface area contributed by atoms with Crippen LogP contribution in [0.1, 0.15) is 17.2 Å². The van der Waals surface area contributed by atoms with Crippen molar-refractivity contribution < 1.29 is 24.4 Å². The van der Waals surface area contributed by atoms with E-state index in [2.05, 4.69) is 10.0 Å². The first kappa shape index (κ1) is 16.0. The second kappa shape index (κ2) is 6.35. The lowest BCUT2D eigenvalue weighted by molar-refractivity contribution is -0.278. The summed E-state index contributed by atoms with van der Waals surface area (Å²) in [5.41, 5.74) is 10.3. The Balaban J connectivity index is 1.95. The number of rotatable bonds is 3. The first-order valence-corrected chi connectivity index (χ1v) is 7.39. The van der Waals surface area contributed by atoms with Gasteiger partial charge in [0.15, 0.2) is 0 Å². The summed E-state index contributed by atoms with van der Waals surface area (Å²) in [5, 5.41) is 24.2. The van der Waals surface area contributed by atoms with Crippen LogP contribution in [0.4, 0.5) is 0 Å². The topological polar surface area (TPSA) is 117 Å². The molecular formula is C15H19N3O5. The molecule has 1 aromatic carbocycles. The number of azide groups is 1. The minimum absolute atomic E-state index is 0.0836. The van der Waals surface area contributed by atoms with Crippen LogP contribution in [-0.4, -0.2) is 48.5 Å². The molecule has 0 amide bonds. The summed E-state index contributed by atoms with van der Waals surface area (Å²) in [5.74, 6) is 0.0430. The van der Waals surface area contributed by atoms with E-state index in [-0.39, 0.29) is 6.54 Å². The van der Waals surface area contributed by atoms with E-state index in [0.717, 1.165) is 11.1 Å². The van der Waals surface area contributed by atoms with E-state index in [1.165, 1.54) is 0 Å². The first-order chi connectivity index (χ1) is 11.1. The minimum Gasteiger partial charge on any atom is -0.464 e. The van der Waals surface area contributed by atoms with Crippen molar-refractivity contribution in [3.8, 4) is 5.75 Å².